The Labute approximate surface area is 80.5 Å². The van der Waals surface area contributed by atoms with Gasteiger partial charge in [0.25, 0.3) is 0 Å². The maximum absolute atomic E-state index is 4.35. The minimum Gasteiger partial charge on any atom is -0.249 e. The smallest absolute Gasteiger partial charge is 0.0725 e. The Kier molecular flexibility index (Phi) is 1.43. The van der Waals surface area contributed by atoms with Crippen molar-refractivity contribution in [2.45, 2.75) is 4.90 Å². The first kappa shape index (κ1) is 7.15. The van der Waals surface area contributed by atoms with Crippen LogP contribution in [-0.2, 0) is 0 Å². The molecule has 1 nitrogen and oxygen atoms in total. The van der Waals surface area contributed by atoms with E-state index in [1.807, 2.05) is 5.55 Å². The lowest BCUT2D eigenvalue weighted by atomic mass is 10.1. The van der Waals surface area contributed by atoms with Gasteiger partial charge >= 0.3 is 0 Å². The minimum atomic E-state index is 1.09. The second-order valence-electron chi connectivity index (χ2n) is 3.02. The Balaban J connectivity index is 2.50. The largest absolute Gasteiger partial charge is 0.249 e. The van der Waals surface area contributed by atoms with Crippen LogP contribution in [0.15, 0.2) is 46.3 Å². The fourth-order valence-electron chi connectivity index (χ4n) is 1.58. The van der Waals surface area contributed by atoms with Crippen molar-refractivity contribution in [3.05, 3.63) is 36.4 Å². The van der Waals surface area contributed by atoms with Crippen molar-refractivity contribution in [2.75, 3.05) is 0 Å². The molecule has 0 amide bonds. The summed E-state index contributed by atoms with van der Waals surface area (Å²) in [4.78, 5) is 5.63. The van der Waals surface area contributed by atoms with Crippen LogP contribution in [0, 0.1) is 0 Å². The Morgan fingerprint density at radius 1 is 1.08 bits per heavy atom. The Hall–Kier alpha value is -1.28. The summed E-state index contributed by atoms with van der Waals surface area (Å²) in [7, 11) is 0. The van der Waals surface area contributed by atoms with Crippen LogP contribution in [0.1, 0.15) is 0 Å². The van der Waals surface area contributed by atoms with E-state index in [1.165, 1.54) is 15.7 Å². The standard InChI is InChI=1S/C11H7NS/c1-2-4-10-8(3-1)5-9-6-11(10)12-7-13-9/h1-7H. The quantitative estimate of drug-likeness (QED) is 0.610. The highest BCUT2D eigenvalue weighted by Gasteiger charge is 2.05. The zero-order chi connectivity index (χ0) is 8.67. The van der Waals surface area contributed by atoms with Gasteiger partial charge in [0, 0.05) is 10.3 Å². The highest BCUT2D eigenvalue weighted by Crippen LogP contribution is 2.34. The summed E-state index contributed by atoms with van der Waals surface area (Å²) in [6.45, 7) is 0. The number of nitrogens with zero attached hydrogens (tertiary/aromatic N) is 1. The molecule has 2 aromatic rings. The zero-order valence-corrected chi connectivity index (χ0v) is 7.71. The summed E-state index contributed by atoms with van der Waals surface area (Å²) in [5.41, 5.74) is 2.99. The van der Waals surface area contributed by atoms with Gasteiger partial charge < -0.3 is 0 Å². The molecule has 0 radical (unpaired) electrons. The van der Waals surface area contributed by atoms with Crippen molar-refractivity contribution in [1.82, 2.24) is 0 Å². The van der Waals surface area contributed by atoms with Gasteiger partial charge in [-0.1, -0.05) is 36.0 Å². The molecule has 1 heterocycles. The molecule has 0 saturated heterocycles. The third-order valence-electron chi connectivity index (χ3n) is 2.19. The fraction of sp³-hybridized carbons (Fsp3) is 0. The lowest BCUT2D eigenvalue weighted by Crippen LogP contribution is -1.81. The Morgan fingerprint density at radius 2 is 2.00 bits per heavy atom. The van der Waals surface area contributed by atoms with Crippen molar-refractivity contribution in [3.8, 4) is 0 Å². The first-order valence-electron chi connectivity index (χ1n) is 4.15. The highest BCUT2D eigenvalue weighted by atomic mass is 32.2. The van der Waals surface area contributed by atoms with Crippen LogP contribution in [0.2, 0.25) is 0 Å². The third kappa shape index (κ3) is 1.06. The van der Waals surface area contributed by atoms with Crippen molar-refractivity contribution in [3.63, 3.8) is 0 Å². The van der Waals surface area contributed by atoms with Gasteiger partial charge in [0.15, 0.2) is 0 Å². The number of rotatable bonds is 0. The summed E-state index contributed by atoms with van der Waals surface area (Å²) >= 11 is 1.67. The number of aliphatic imine (C=N–C) groups is 1. The summed E-state index contributed by atoms with van der Waals surface area (Å²) in [6.07, 6.45) is 0. The number of hydrogen-bond acceptors (Lipinski definition) is 2. The van der Waals surface area contributed by atoms with E-state index in [1.54, 1.807) is 11.8 Å². The average molecular weight is 185 g/mol. The normalized spacial score (nSPS) is 13.5. The van der Waals surface area contributed by atoms with Crippen molar-refractivity contribution in [1.29, 1.82) is 0 Å². The monoisotopic (exact) mass is 185 g/mol. The van der Waals surface area contributed by atoms with Crippen LogP contribution < -0.4 is 0 Å². The van der Waals surface area contributed by atoms with Crippen LogP contribution >= 0.6 is 11.8 Å². The van der Waals surface area contributed by atoms with Gasteiger partial charge in [-0.05, 0) is 17.5 Å². The van der Waals surface area contributed by atoms with Crippen molar-refractivity contribution >= 4 is 33.8 Å². The molecule has 2 bridgehead atoms. The Morgan fingerprint density at radius 3 is 3.00 bits per heavy atom. The maximum atomic E-state index is 4.35. The summed E-state index contributed by atoms with van der Waals surface area (Å²) < 4.78 is 0. The highest BCUT2D eigenvalue weighted by molar-refractivity contribution is 8.12. The van der Waals surface area contributed by atoms with E-state index < -0.39 is 0 Å². The lowest BCUT2D eigenvalue weighted by molar-refractivity contribution is 1.45. The molecule has 0 aromatic heterocycles. The van der Waals surface area contributed by atoms with E-state index in [2.05, 4.69) is 41.4 Å². The number of hydrogen-bond donors (Lipinski definition) is 0. The molecule has 1 aliphatic heterocycles. The second-order valence-corrected chi connectivity index (χ2v) is 3.93. The molecule has 0 N–H and O–H groups in total. The molecular weight excluding hydrogens is 178 g/mol. The molecule has 62 valence electrons. The summed E-state index contributed by atoms with van der Waals surface area (Å²) in [5.74, 6) is 0. The Bertz CT molecular complexity index is 502. The fourth-order valence-corrected chi connectivity index (χ4v) is 2.25. The molecule has 2 aromatic carbocycles. The predicted molar refractivity (Wildman–Crippen MR) is 58.0 cm³/mol. The van der Waals surface area contributed by atoms with Gasteiger partial charge in [0.1, 0.15) is 0 Å². The average Bonchev–Trinajstić information content (AvgIpc) is 2.18. The van der Waals surface area contributed by atoms with E-state index in [-0.39, 0.29) is 0 Å². The number of benzene rings is 2. The van der Waals surface area contributed by atoms with Gasteiger partial charge in [-0.2, -0.15) is 0 Å². The van der Waals surface area contributed by atoms with Crippen LogP contribution in [0.3, 0.4) is 0 Å². The van der Waals surface area contributed by atoms with Gasteiger partial charge in [-0.3, -0.25) is 0 Å². The SMILES string of the molecule is C1=Nc2cc(cc3ccccc23)S1. The van der Waals surface area contributed by atoms with Crippen molar-refractivity contribution < 1.29 is 0 Å². The van der Waals surface area contributed by atoms with E-state index in [0.717, 1.165) is 5.69 Å². The zero-order valence-electron chi connectivity index (χ0n) is 6.90. The first-order valence-corrected chi connectivity index (χ1v) is 5.03. The third-order valence-corrected chi connectivity index (χ3v) is 2.91. The van der Waals surface area contributed by atoms with Crippen molar-refractivity contribution in [2.24, 2.45) is 4.99 Å². The molecule has 0 fully saturated rings. The molecule has 0 unspecified atom stereocenters. The summed E-state index contributed by atoms with van der Waals surface area (Å²) in [6, 6.07) is 12.7. The topological polar surface area (TPSA) is 12.4 Å². The molecule has 0 atom stereocenters. The lowest BCUT2D eigenvalue weighted by Gasteiger charge is -2.08. The van der Waals surface area contributed by atoms with E-state index in [9.17, 15) is 0 Å². The maximum Gasteiger partial charge on any atom is 0.0725 e. The summed E-state index contributed by atoms with van der Waals surface area (Å²) in [5, 5.41) is 2.52. The molecule has 2 heteroatoms. The molecule has 13 heavy (non-hydrogen) atoms. The molecule has 1 aliphatic rings. The molecular formula is C11H7NS. The van der Waals surface area contributed by atoms with E-state index in [4.69, 9.17) is 0 Å². The molecule has 0 spiro atoms. The first-order chi connectivity index (χ1) is 6.43. The predicted octanol–water partition coefficient (Wildman–Crippen LogP) is 3.61. The van der Waals surface area contributed by atoms with Gasteiger partial charge in [-0.15, -0.1) is 0 Å². The molecule has 0 saturated carbocycles. The number of fused-ring (bicyclic) bond motifs is 4. The van der Waals surface area contributed by atoms with Crippen LogP contribution in [0.4, 0.5) is 5.69 Å². The second kappa shape index (κ2) is 2.60. The molecule has 3 rings (SSSR count). The van der Waals surface area contributed by atoms with Gasteiger partial charge in [0.2, 0.25) is 0 Å². The minimum absolute atomic E-state index is 1.09. The molecule has 0 aliphatic carbocycles. The van der Waals surface area contributed by atoms with Crippen LogP contribution in [0.25, 0.3) is 10.8 Å². The van der Waals surface area contributed by atoms with E-state index >= 15 is 0 Å². The van der Waals surface area contributed by atoms with Crippen LogP contribution in [0.5, 0.6) is 0 Å². The number of thioether (sulfide) groups is 1. The van der Waals surface area contributed by atoms with Gasteiger partial charge in [-0.25, -0.2) is 4.99 Å². The van der Waals surface area contributed by atoms with Crippen LogP contribution in [-0.4, -0.2) is 5.55 Å². The van der Waals surface area contributed by atoms with E-state index in [0.29, 0.717) is 0 Å². The van der Waals surface area contributed by atoms with Gasteiger partial charge in [0.05, 0.1) is 11.2 Å².